The van der Waals surface area contributed by atoms with E-state index in [9.17, 15) is 0 Å². The third-order valence-electron chi connectivity index (χ3n) is 5.84. The van der Waals surface area contributed by atoms with Gasteiger partial charge in [-0.1, -0.05) is 66.2 Å². The van der Waals surface area contributed by atoms with Crippen molar-refractivity contribution in [3.8, 4) is 11.1 Å². The van der Waals surface area contributed by atoms with Crippen molar-refractivity contribution in [3.05, 3.63) is 113 Å². The second-order valence-corrected chi connectivity index (χ2v) is 8.26. The highest BCUT2D eigenvalue weighted by atomic mass is 15.1. The first-order valence-corrected chi connectivity index (χ1v) is 10.5. The molecule has 0 heterocycles. The van der Waals surface area contributed by atoms with Gasteiger partial charge in [0, 0.05) is 11.4 Å². The number of anilines is 3. The van der Waals surface area contributed by atoms with Crippen molar-refractivity contribution >= 4 is 17.1 Å². The van der Waals surface area contributed by atoms with Gasteiger partial charge in [-0.25, -0.2) is 0 Å². The van der Waals surface area contributed by atoms with E-state index in [-0.39, 0.29) is 0 Å². The standard InChI is InChI=1S/C29H29N/c1-20-17-23(4)29(24(5)18-20)30(28-14-11-21(2)22(3)19-28)27-15-12-26(13-16-27)25-9-7-6-8-10-25/h6-19H,1-5H3. The van der Waals surface area contributed by atoms with E-state index < -0.39 is 0 Å². The third-order valence-corrected chi connectivity index (χ3v) is 5.84. The van der Waals surface area contributed by atoms with Crippen molar-refractivity contribution in [3.63, 3.8) is 0 Å². The van der Waals surface area contributed by atoms with E-state index in [0.717, 1.165) is 0 Å². The van der Waals surface area contributed by atoms with Crippen LogP contribution in [0.25, 0.3) is 11.1 Å². The van der Waals surface area contributed by atoms with E-state index >= 15 is 0 Å². The van der Waals surface area contributed by atoms with Crippen molar-refractivity contribution in [1.82, 2.24) is 0 Å². The number of hydrogen-bond acceptors (Lipinski definition) is 1. The average molecular weight is 392 g/mol. The molecule has 0 saturated heterocycles. The molecule has 0 fully saturated rings. The Morgan fingerprint density at radius 1 is 0.467 bits per heavy atom. The molecule has 0 aliphatic heterocycles. The molecule has 4 aromatic carbocycles. The molecule has 0 bridgehead atoms. The van der Waals surface area contributed by atoms with Gasteiger partial charge in [-0.05, 0) is 92.3 Å². The normalized spacial score (nSPS) is 10.8. The van der Waals surface area contributed by atoms with Gasteiger partial charge in [0.1, 0.15) is 0 Å². The zero-order chi connectivity index (χ0) is 21.3. The van der Waals surface area contributed by atoms with Gasteiger partial charge in [0.05, 0.1) is 5.69 Å². The summed E-state index contributed by atoms with van der Waals surface area (Å²) in [6.07, 6.45) is 0. The van der Waals surface area contributed by atoms with Gasteiger partial charge in [-0.3, -0.25) is 0 Å². The molecule has 0 N–H and O–H groups in total. The van der Waals surface area contributed by atoms with Crippen LogP contribution in [0.4, 0.5) is 17.1 Å². The molecular formula is C29H29N. The molecule has 4 aromatic rings. The fourth-order valence-corrected chi connectivity index (χ4v) is 4.23. The van der Waals surface area contributed by atoms with Gasteiger partial charge in [0.15, 0.2) is 0 Å². The Hall–Kier alpha value is -3.32. The highest BCUT2D eigenvalue weighted by Gasteiger charge is 2.18. The number of aryl methyl sites for hydroxylation is 5. The lowest BCUT2D eigenvalue weighted by Crippen LogP contribution is -2.13. The van der Waals surface area contributed by atoms with Crippen LogP contribution in [-0.4, -0.2) is 0 Å². The fraction of sp³-hybridized carbons (Fsp3) is 0.172. The second-order valence-electron chi connectivity index (χ2n) is 8.26. The molecule has 4 rings (SSSR count). The lowest BCUT2D eigenvalue weighted by molar-refractivity contribution is 1.19. The van der Waals surface area contributed by atoms with Gasteiger partial charge < -0.3 is 4.90 Å². The Bertz CT molecular complexity index is 1150. The molecule has 0 aliphatic rings. The van der Waals surface area contributed by atoms with Crippen molar-refractivity contribution < 1.29 is 0 Å². The van der Waals surface area contributed by atoms with E-state index in [0.29, 0.717) is 0 Å². The van der Waals surface area contributed by atoms with Crippen LogP contribution in [0.15, 0.2) is 84.9 Å². The van der Waals surface area contributed by atoms with Crippen LogP contribution < -0.4 is 4.90 Å². The minimum absolute atomic E-state index is 1.17. The van der Waals surface area contributed by atoms with Crippen molar-refractivity contribution in [2.24, 2.45) is 0 Å². The van der Waals surface area contributed by atoms with E-state index in [1.54, 1.807) is 0 Å². The monoisotopic (exact) mass is 391 g/mol. The average Bonchev–Trinajstić information content (AvgIpc) is 2.73. The Labute approximate surface area is 180 Å². The van der Waals surface area contributed by atoms with Gasteiger partial charge >= 0.3 is 0 Å². The smallest absolute Gasteiger partial charge is 0.0520 e. The van der Waals surface area contributed by atoms with Crippen LogP contribution >= 0.6 is 0 Å². The Morgan fingerprint density at radius 3 is 1.63 bits per heavy atom. The van der Waals surface area contributed by atoms with Crippen LogP contribution in [0.2, 0.25) is 0 Å². The first-order valence-electron chi connectivity index (χ1n) is 10.5. The van der Waals surface area contributed by atoms with Crippen molar-refractivity contribution in [2.75, 3.05) is 4.90 Å². The Kier molecular flexibility index (Phi) is 5.46. The molecule has 0 atom stereocenters. The number of benzene rings is 4. The predicted molar refractivity (Wildman–Crippen MR) is 130 cm³/mol. The summed E-state index contributed by atoms with van der Waals surface area (Å²) >= 11 is 0. The molecule has 1 nitrogen and oxygen atoms in total. The van der Waals surface area contributed by atoms with Gasteiger partial charge in [0.2, 0.25) is 0 Å². The quantitative estimate of drug-likeness (QED) is 0.338. The number of nitrogens with zero attached hydrogens (tertiary/aromatic N) is 1. The lowest BCUT2D eigenvalue weighted by Gasteiger charge is -2.29. The molecule has 0 aliphatic carbocycles. The molecule has 0 amide bonds. The summed E-state index contributed by atoms with van der Waals surface area (Å²) in [7, 11) is 0. The van der Waals surface area contributed by atoms with Crippen LogP contribution in [0, 0.1) is 34.6 Å². The second kappa shape index (κ2) is 8.20. The summed E-state index contributed by atoms with van der Waals surface area (Å²) in [5.74, 6) is 0. The van der Waals surface area contributed by atoms with Crippen LogP contribution in [0.3, 0.4) is 0 Å². The van der Waals surface area contributed by atoms with E-state index in [1.807, 2.05) is 0 Å². The topological polar surface area (TPSA) is 3.24 Å². The maximum Gasteiger partial charge on any atom is 0.0520 e. The molecule has 0 saturated carbocycles. The Balaban J connectivity index is 1.87. The molecule has 0 radical (unpaired) electrons. The Morgan fingerprint density at radius 2 is 1.03 bits per heavy atom. The summed E-state index contributed by atoms with van der Waals surface area (Å²) < 4.78 is 0. The molecule has 0 aromatic heterocycles. The van der Waals surface area contributed by atoms with Gasteiger partial charge in [-0.15, -0.1) is 0 Å². The minimum atomic E-state index is 1.17. The maximum atomic E-state index is 2.39. The van der Waals surface area contributed by atoms with Crippen molar-refractivity contribution in [2.45, 2.75) is 34.6 Å². The highest BCUT2D eigenvalue weighted by molar-refractivity contribution is 5.82. The molecule has 1 heteroatoms. The molecule has 30 heavy (non-hydrogen) atoms. The first kappa shape index (κ1) is 20.0. The summed E-state index contributed by atoms with van der Waals surface area (Å²) in [5, 5.41) is 0. The molecule has 0 spiro atoms. The summed E-state index contributed by atoms with van der Waals surface area (Å²) in [6.45, 7) is 10.9. The zero-order valence-electron chi connectivity index (χ0n) is 18.5. The largest absolute Gasteiger partial charge is 0.310 e. The van der Waals surface area contributed by atoms with Gasteiger partial charge in [-0.2, -0.15) is 0 Å². The summed E-state index contributed by atoms with van der Waals surface area (Å²) in [6, 6.07) is 30.7. The van der Waals surface area contributed by atoms with E-state index in [2.05, 4.69) is 124 Å². The van der Waals surface area contributed by atoms with Gasteiger partial charge in [0.25, 0.3) is 0 Å². The van der Waals surface area contributed by atoms with Crippen LogP contribution in [0.5, 0.6) is 0 Å². The predicted octanol–water partition coefficient (Wildman–Crippen LogP) is 8.37. The molecular weight excluding hydrogens is 362 g/mol. The zero-order valence-corrected chi connectivity index (χ0v) is 18.5. The number of hydrogen-bond donors (Lipinski definition) is 0. The summed E-state index contributed by atoms with van der Waals surface area (Å²) in [5.41, 5.74) is 12.6. The highest BCUT2D eigenvalue weighted by Crippen LogP contribution is 2.40. The van der Waals surface area contributed by atoms with Crippen LogP contribution in [0.1, 0.15) is 27.8 Å². The SMILES string of the molecule is Cc1cc(C)c(N(c2ccc(-c3ccccc3)cc2)c2ccc(C)c(C)c2)c(C)c1. The maximum absolute atomic E-state index is 2.39. The van der Waals surface area contributed by atoms with Crippen molar-refractivity contribution in [1.29, 1.82) is 0 Å². The summed E-state index contributed by atoms with van der Waals surface area (Å²) in [4.78, 5) is 2.39. The third kappa shape index (κ3) is 3.89. The van der Waals surface area contributed by atoms with E-state index in [1.165, 1.54) is 56.0 Å². The fourth-order valence-electron chi connectivity index (χ4n) is 4.23. The number of rotatable bonds is 4. The molecule has 0 unspecified atom stereocenters. The lowest BCUT2D eigenvalue weighted by atomic mass is 10.0. The minimum Gasteiger partial charge on any atom is -0.310 e. The van der Waals surface area contributed by atoms with E-state index in [4.69, 9.17) is 0 Å². The van der Waals surface area contributed by atoms with Crippen LogP contribution in [-0.2, 0) is 0 Å². The molecule has 150 valence electrons. The first-order chi connectivity index (χ1) is 14.4.